The van der Waals surface area contributed by atoms with Gasteiger partial charge < -0.3 is 16.8 Å². The van der Waals surface area contributed by atoms with Crippen LogP contribution >= 0.6 is 11.6 Å². The number of nitrogens with one attached hydrogen (secondary N) is 1. The number of aromatic nitrogens is 1. The van der Waals surface area contributed by atoms with E-state index in [2.05, 4.69) is 15.3 Å². The van der Waals surface area contributed by atoms with E-state index in [1.807, 2.05) is 0 Å². The maximum atomic E-state index is 14.5. The van der Waals surface area contributed by atoms with Crippen LogP contribution in [0.3, 0.4) is 0 Å². The first kappa shape index (κ1) is 28.4. The van der Waals surface area contributed by atoms with Crippen LogP contribution in [-0.2, 0) is 5.67 Å². The number of hydrogen-bond donors (Lipinski definition) is 3. The predicted octanol–water partition coefficient (Wildman–Crippen LogP) is 5.52. The van der Waals surface area contributed by atoms with Crippen molar-refractivity contribution in [2.45, 2.75) is 50.4 Å². The van der Waals surface area contributed by atoms with Gasteiger partial charge in [-0.15, -0.1) is 0 Å². The Morgan fingerprint density at radius 2 is 1.62 bits per heavy atom. The number of aliphatic imine (C=N–C) groups is 1. The highest BCUT2D eigenvalue weighted by Gasteiger charge is 2.73. The molecule has 5 N–H and O–H groups in total. The molecule has 1 aliphatic rings. The summed E-state index contributed by atoms with van der Waals surface area (Å²) in [4.78, 5) is 20.6. The summed E-state index contributed by atoms with van der Waals surface area (Å²) in [6.07, 6.45) is -7.73. The lowest BCUT2D eigenvalue weighted by atomic mass is 9.90. The molecule has 0 bridgehead atoms. The Bertz CT molecular complexity index is 1250. The van der Waals surface area contributed by atoms with Gasteiger partial charge in [0.05, 0.1) is 16.9 Å². The Balaban J connectivity index is 1.96. The van der Waals surface area contributed by atoms with Crippen molar-refractivity contribution in [3.63, 3.8) is 0 Å². The van der Waals surface area contributed by atoms with Crippen LogP contribution in [0.5, 0.6) is 0 Å². The van der Waals surface area contributed by atoms with Crippen molar-refractivity contribution in [3.8, 4) is 0 Å². The van der Waals surface area contributed by atoms with Gasteiger partial charge in [0.25, 0.3) is 5.91 Å². The zero-order chi connectivity index (χ0) is 28.0. The molecule has 0 saturated heterocycles. The highest BCUT2D eigenvalue weighted by molar-refractivity contribution is 6.32. The van der Waals surface area contributed by atoms with Gasteiger partial charge in [-0.3, -0.25) is 9.79 Å². The lowest BCUT2D eigenvalue weighted by Gasteiger charge is -2.31. The molecule has 1 aliphatic carbocycles. The number of aryl methyl sites for hydroxylation is 2. The van der Waals surface area contributed by atoms with E-state index in [0.717, 1.165) is 6.20 Å². The summed E-state index contributed by atoms with van der Waals surface area (Å²) in [5.74, 6) is -0.570. The minimum atomic E-state index is -6.24. The average Bonchev–Trinajstić information content (AvgIpc) is 3.50. The zero-order valence-electron chi connectivity index (χ0n) is 19.4. The third kappa shape index (κ3) is 5.57. The van der Waals surface area contributed by atoms with Gasteiger partial charge in [0, 0.05) is 35.3 Å². The molecule has 6 nitrogen and oxygen atoms in total. The quantitative estimate of drug-likeness (QED) is 0.190. The van der Waals surface area contributed by atoms with Gasteiger partial charge >= 0.3 is 18.0 Å². The average molecular weight is 552 g/mol. The van der Waals surface area contributed by atoms with Gasteiger partial charge in [-0.05, 0) is 43.9 Å². The van der Waals surface area contributed by atoms with Crippen molar-refractivity contribution < 1.29 is 35.5 Å². The number of amides is 1. The lowest BCUT2D eigenvalue weighted by molar-refractivity contribution is -0.348. The van der Waals surface area contributed by atoms with Crippen LogP contribution in [0.1, 0.15) is 45.5 Å². The van der Waals surface area contributed by atoms with E-state index in [9.17, 15) is 35.5 Å². The molecule has 37 heavy (non-hydrogen) atoms. The molecular formula is C23H21ClF7N5O. The summed E-state index contributed by atoms with van der Waals surface area (Å²) in [5, 5.41) is 2.52. The molecule has 1 aromatic heterocycles. The second-order valence-electron chi connectivity index (χ2n) is 8.67. The van der Waals surface area contributed by atoms with Crippen molar-refractivity contribution in [2.24, 2.45) is 16.5 Å². The fourth-order valence-corrected chi connectivity index (χ4v) is 3.70. The van der Waals surface area contributed by atoms with Crippen LogP contribution < -0.4 is 16.8 Å². The Hall–Kier alpha value is -3.19. The molecule has 200 valence electrons. The molecule has 1 fully saturated rings. The molecule has 1 heterocycles. The molecule has 3 rings (SSSR count). The van der Waals surface area contributed by atoms with Gasteiger partial charge in [-0.2, -0.15) is 26.3 Å². The molecule has 1 amide bonds. The number of hydrogen-bond acceptors (Lipinski definition) is 5. The number of benzene rings is 1. The van der Waals surface area contributed by atoms with Crippen molar-refractivity contribution >= 4 is 35.0 Å². The first-order valence-electron chi connectivity index (χ1n) is 10.6. The highest BCUT2D eigenvalue weighted by Crippen LogP contribution is 2.54. The molecule has 0 radical (unpaired) electrons. The van der Waals surface area contributed by atoms with E-state index in [4.69, 9.17) is 23.1 Å². The Kier molecular flexibility index (Phi) is 7.36. The highest BCUT2D eigenvalue weighted by atomic mass is 35.5. The van der Waals surface area contributed by atoms with Crippen LogP contribution in [0.25, 0.3) is 5.57 Å². The van der Waals surface area contributed by atoms with E-state index in [1.54, 1.807) is 0 Å². The van der Waals surface area contributed by atoms with E-state index in [0.29, 0.717) is 25.0 Å². The molecular weight excluding hydrogens is 531 g/mol. The van der Waals surface area contributed by atoms with Crippen LogP contribution in [0.15, 0.2) is 35.6 Å². The largest absolute Gasteiger partial charge is 0.435 e. The van der Waals surface area contributed by atoms with Crippen LogP contribution in [0.4, 0.5) is 36.4 Å². The molecule has 0 unspecified atom stereocenters. The van der Waals surface area contributed by atoms with Gasteiger partial charge in [-0.1, -0.05) is 23.7 Å². The number of allylic oxidation sites excluding steroid dienone is 1. The topological polar surface area (TPSA) is 106 Å². The van der Waals surface area contributed by atoms with Crippen LogP contribution in [-0.4, -0.2) is 35.1 Å². The first-order chi connectivity index (χ1) is 16.9. The number of halogens is 8. The van der Waals surface area contributed by atoms with E-state index < -0.39 is 35.2 Å². The summed E-state index contributed by atoms with van der Waals surface area (Å²) >= 11 is 6.03. The second-order valence-corrected chi connectivity index (χ2v) is 9.02. The molecule has 14 heteroatoms. The van der Waals surface area contributed by atoms with Crippen molar-refractivity contribution in [3.05, 3.63) is 63.6 Å². The minimum absolute atomic E-state index is 0.000979. The monoisotopic (exact) mass is 551 g/mol. The summed E-state index contributed by atoms with van der Waals surface area (Å²) in [5.41, 5.74) is 3.74. The SMILES string of the molecule is Cc1cc(C(F)(C(F)(F)F)C(F)(F)F)cc(C)c1N=CC(=CN)c1cnc(Cl)c(C(=O)NC2(N)CC2)c1. The third-order valence-electron chi connectivity index (χ3n) is 5.75. The summed E-state index contributed by atoms with van der Waals surface area (Å²) in [6.45, 7) is 2.38. The van der Waals surface area contributed by atoms with Crippen molar-refractivity contribution in [1.82, 2.24) is 10.3 Å². The molecule has 0 atom stereocenters. The second kappa shape index (κ2) is 9.60. The van der Waals surface area contributed by atoms with E-state index >= 15 is 0 Å². The third-order valence-corrected chi connectivity index (χ3v) is 6.05. The molecule has 0 aliphatic heterocycles. The number of pyridine rings is 1. The standard InChI is InChI=1S/C23H21ClF7N5O/c1-11-5-15(21(25,22(26,27)28)23(29,30)31)6-12(2)17(11)34-10-14(8-32)13-7-16(18(24)35-9-13)19(37)36-20(33)3-4-20/h5-10H,3-4,32-33H2,1-2H3,(H,36,37). The van der Waals surface area contributed by atoms with Crippen molar-refractivity contribution in [1.29, 1.82) is 0 Å². The maximum absolute atomic E-state index is 14.5. The number of carbonyl (C=O) groups excluding carboxylic acids is 1. The number of nitrogens with zero attached hydrogens (tertiary/aromatic N) is 2. The van der Waals surface area contributed by atoms with Gasteiger partial charge in [0.15, 0.2) is 0 Å². The van der Waals surface area contributed by atoms with Crippen LogP contribution in [0.2, 0.25) is 5.15 Å². The molecule has 1 aromatic carbocycles. The maximum Gasteiger partial charge on any atom is 0.435 e. The predicted molar refractivity (Wildman–Crippen MR) is 124 cm³/mol. The fraction of sp³-hybridized carbons (Fsp3) is 0.348. The van der Waals surface area contributed by atoms with E-state index in [-0.39, 0.29) is 38.7 Å². The Morgan fingerprint density at radius 1 is 1.08 bits per heavy atom. The number of alkyl halides is 7. The minimum Gasteiger partial charge on any atom is -0.404 e. The smallest absolute Gasteiger partial charge is 0.404 e. The van der Waals surface area contributed by atoms with Gasteiger partial charge in [-0.25, -0.2) is 9.37 Å². The number of rotatable bonds is 6. The first-order valence-corrected chi connectivity index (χ1v) is 11.0. The summed E-state index contributed by atoms with van der Waals surface area (Å²) in [6, 6.07) is 2.26. The molecule has 0 spiro atoms. The Labute approximate surface area is 211 Å². The Morgan fingerprint density at radius 3 is 2.08 bits per heavy atom. The van der Waals surface area contributed by atoms with Gasteiger partial charge in [0.2, 0.25) is 0 Å². The molecule has 2 aromatic rings. The number of nitrogens with two attached hydrogens (primary N) is 2. The fourth-order valence-electron chi connectivity index (χ4n) is 3.51. The van der Waals surface area contributed by atoms with Gasteiger partial charge in [0.1, 0.15) is 5.15 Å². The van der Waals surface area contributed by atoms with E-state index in [1.165, 1.54) is 32.3 Å². The van der Waals surface area contributed by atoms with Crippen molar-refractivity contribution in [2.75, 3.05) is 0 Å². The van der Waals surface area contributed by atoms with Crippen LogP contribution in [0, 0.1) is 13.8 Å². The summed E-state index contributed by atoms with van der Waals surface area (Å²) in [7, 11) is 0. The zero-order valence-corrected chi connectivity index (χ0v) is 20.1. The normalized spacial score (nSPS) is 16.2. The number of carbonyl (C=O) groups is 1. The lowest BCUT2D eigenvalue weighted by Crippen LogP contribution is -2.50. The summed E-state index contributed by atoms with van der Waals surface area (Å²) < 4.78 is 93.4. The molecule has 1 saturated carbocycles.